The van der Waals surface area contributed by atoms with Crippen LogP contribution in [0.2, 0.25) is 0 Å². The lowest BCUT2D eigenvalue weighted by Gasteiger charge is -2.27. The van der Waals surface area contributed by atoms with E-state index in [1.54, 1.807) is 10.8 Å². The molecule has 7 nitrogen and oxygen atoms in total. The quantitative estimate of drug-likeness (QED) is 0.326. The Morgan fingerprint density at radius 1 is 0.946 bits per heavy atom. The molecule has 3 aromatic heterocycles. The van der Waals surface area contributed by atoms with E-state index in [2.05, 4.69) is 41.4 Å². The molecule has 2 aliphatic heterocycles. The molecule has 1 N–H and O–H groups in total. The van der Waals surface area contributed by atoms with Crippen LogP contribution in [0, 0.1) is 6.92 Å². The zero-order valence-corrected chi connectivity index (χ0v) is 19.9. The average molecular weight is 488 g/mol. The van der Waals surface area contributed by atoms with Gasteiger partial charge in [0.2, 0.25) is 5.89 Å². The monoisotopic (exact) mass is 487 g/mol. The number of aromatic nitrogens is 3. The topological polar surface area (TPSA) is 86.5 Å². The highest BCUT2D eigenvalue weighted by Crippen LogP contribution is 2.55. The predicted octanol–water partition coefficient (Wildman–Crippen LogP) is 5.92. The number of oxazole rings is 2. The highest BCUT2D eigenvalue weighted by molar-refractivity contribution is 6.06. The van der Waals surface area contributed by atoms with Gasteiger partial charge >= 0.3 is 0 Å². The van der Waals surface area contributed by atoms with Crippen LogP contribution in [0.1, 0.15) is 22.8 Å². The second-order valence-electron chi connectivity index (χ2n) is 9.54. The molecular weight excluding hydrogens is 466 g/mol. The number of aliphatic hydroxyl groups excluding tert-OH is 1. The van der Waals surface area contributed by atoms with Crippen LogP contribution in [-0.4, -0.2) is 26.2 Å². The number of nitrogens with zero attached hydrogens (tertiary/aromatic N) is 3. The van der Waals surface area contributed by atoms with Gasteiger partial charge < -0.3 is 23.2 Å². The van der Waals surface area contributed by atoms with Crippen molar-refractivity contribution in [3.63, 3.8) is 0 Å². The minimum Gasteiger partial charge on any atom is -0.491 e. The molecule has 0 amide bonds. The summed E-state index contributed by atoms with van der Waals surface area (Å²) in [5, 5.41) is 11.1. The van der Waals surface area contributed by atoms with E-state index < -0.39 is 5.41 Å². The molecule has 0 fully saturated rings. The van der Waals surface area contributed by atoms with Crippen LogP contribution in [0.15, 0.2) is 88.0 Å². The SMILES string of the molecule is Cc1nc2c(o1)[C@]1(c3ccccc3)COc3c(cccc31)-c1cccc3c1c(cn3CO)-c1cnc-2o1. The van der Waals surface area contributed by atoms with Crippen LogP contribution in [0.3, 0.4) is 0 Å². The van der Waals surface area contributed by atoms with Crippen molar-refractivity contribution in [3.8, 4) is 39.8 Å². The number of hydrogen-bond acceptors (Lipinski definition) is 6. The molecule has 3 aromatic carbocycles. The van der Waals surface area contributed by atoms with Gasteiger partial charge in [0.05, 0.1) is 11.7 Å². The Balaban J connectivity index is 1.58. The van der Waals surface area contributed by atoms with E-state index in [0.29, 0.717) is 35.6 Å². The highest BCUT2D eigenvalue weighted by atomic mass is 16.5. The van der Waals surface area contributed by atoms with Crippen LogP contribution in [0.25, 0.3) is 44.9 Å². The summed E-state index contributed by atoms with van der Waals surface area (Å²) < 4.78 is 21.2. The molecule has 1 atom stereocenters. The Kier molecular flexibility index (Phi) is 4.01. The summed E-state index contributed by atoms with van der Waals surface area (Å²) in [6.07, 6.45) is 3.62. The van der Waals surface area contributed by atoms with Gasteiger partial charge in [0, 0.05) is 35.2 Å². The van der Waals surface area contributed by atoms with Crippen molar-refractivity contribution in [2.45, 2.75) is 19.1 Å². The molecule has 0 saturated heterocycles. The van der Waals surface area contributed by atoms with Crippen molar-refractivity contribution in [1.29, 1.82) is 0 Å². The van der Waals surface area contributed by atoms with Gasteiger partial charge in [0.25, 0.3) is 0 Å². The first-order valence-corrected chi connectivity index (χ1v) is 12.2. The second-order valence-corrected chi connectivity index (χ2v) is 9.54. The Hall–Kier alpha value is -4.62. The van der Waals surface area contributed by atoms with Crippen LogP contribution in [0.5, 0.6) is 5.75 Å². The number of ether oxygens (including phenoxy) is 1. The normalized spacial score (nSPS) is 17.2. The standard InChI is InChI=1S/C30H21N3O4/c1-17-32-26-28(36-17)30(18-7-3-2-4-8-18)15-35-27-20(10-5-11-22(27)30)19-9-6-12-23-25(19)21(14-33(23)16-34)24-13-31-29(26)37-24/h2-14,34H,15-16H2,1H3/t30-/m0/s1. The molecule has 2 aliphatic rings. The van der Waals surface area contributed by atoms with Gasteiger partial charge in [-0.2, -0.15) is 0 Å². The van der Waals surface area contributed by atoms with E-state index in [0.717, 1.165) is 44.5 Å². The second kappa shape index (κ2) is 7.21. The van der Waals surface area contributed by atoms with E-state index in [-0.39, 0.29) is 6.73 Å². The molecule has 0 radical (unpaired) electrons. The number of hydrogen-bond donors (Lipinski definition) is 1. The third-order valence-electron chi connectivity index (χ3n) is 7.62. The molecule has 8 rings (SSSR count). The Morgan fingerprint density at radius 3 is 2.65 bits per heavy atom. The van der Waals surface area contributed by atoms with Crippen LogP contribution < -0.4 is 4.74 Å². The van der Waals surface area contributed by atoms with Crippen molar-refractivity contribution in [2.24, 2.45) is 0 Å². The molecule has 37 heavy (non-hydrogen) atoms. The predicted molar refractivity (Wildman–Crippen MR) is 137 cm³/mol. The fraction of sp³-hybridized carbons (Fsp3) is 0.133. The summed E-state index contributed by atoms with van der Waals surface area (Å²) in [4.78, 5) is 9.40. The number of rotatable bonds is 2. The lowest BCUT2D eigenvalue weighted by atomic mass is 9.73. The van der Waals surface area contributed by atoms with Crippen LogP contribution in [0.4, 0.5) is 0 Å². The first-order valence-electron chi connectivity index (χ1n) is 12.2. The molecule has 180 valence electrons. The number of fused-ring (bicyclic) bond motifs is 7. The average Bonchev–Trinajstić information content (AvgIpc) is 3.71. The van der Waals surface area contributed by atoms with Gasteiger partial charge in [-0.25, -0.2) is 9.97 Å². The maximum absolute atomic E-state index is 10.1. The Bertz CT molecular complexity index is 1850. The smallest absolute Gasteiger partial charge is 0.249 e. The Morgan fingerprint density at radius 2 is 1.78 bits per heavy atom. The van der Waals surface area contributed by atoms with Crippen LogP contribution >= 0.6 is 0 Å². The maximum atomic E-state index is 10.1. The largest absolute Gasteiger partial charge is 0.491 e. The fourth-order valence-corrected chi connectivity index (χ4v) is 6.03. The third kappa shape index (κ3) is 2.58. The summed E-state index contributed by atoms with van der Waals surface area (Å²) in [6, 6.07) is 22.6. The molecular formula is C30H21N3O4. The van der Waals surface area contributed by atoms with E-state index in [4.69, 9.17) is 18.6 Å². The van der Waals surface area contributed by atoms with Crippen molar-refractivity contribution >= 4 is 10.9 Å². The van der Waals surface area contributed by atoms with E-state index >= 15 is 0 Å². The molecule has 6 bridgehead atoms. The highest BCUT2D eigenvalue weighted by Gasteiger charge is 2.50. The van der Waals surface area contributed by atoms with Gasteiger partial charge in [-0.15, -0.1) is 0 Å². The van der Waals surface area contributed by atoms with E-state index in [9.17, 15) is 5.11 Å². The van der Waals surface area contributed by atoms with Crippen molar-refractivity contribution < 1.29 is 18.7 Å². The van der Waals surface area contributed by atoms with Crippen molar-refractivity contribution in [1.82, 2.24) is 14.5 Å². The summed E-state index contributed by atoms with van der Waals surface area (Å²) in [7, 11) is 0. The molecule has 6 aromatic rings. The molecule has 0 unspecified atom stereocenters. The molecule has 5 heterocycles. The zero-order chi connectivity index (χ0) is 24.7. The molecule has 0 aliphatic carbocycles. The molecule has 0 spiro atoms. The summed E-state index contributed by atoms with van der Waals surface area (Å²) in [5.41, 5.74) is 5.55. The number of benzene rings is 3. The first-order chi connectivity index (χ1) is 18.2. The fourth-order valence-electron chi connectivity index (χ4n) is 6.03. The molecule has 0 saturated carbocycles. The zero-order valence-electron chi connectivity index (χ0n) is 19.9. The number of para-hydroxylation sites is 1. The van der Waals surface area contributed by atoms with Gasteiger partial charge in [-0.05, 0) is 17.2 Å². The first kappa shape index (κ1) is 20.6. The van der Waals surface area contributed by atoms with Gasteiger partial charge in [0.1, 0.15) is 24.5 Å². The van der Waals surface area contributed by atoms with E-state index in [1.807, 2.05) is 43.5 Å². The number of aliphatic hydroxyl groups is 1. The van der Waals surface area contributed by atoms with E-state index in [1.165, 1.54) is 0 Å². The van der Waals surface area contributed by atoms with Gasteiger partial charge in [0.15, 0.2) is 23.1 Å². The number of aryl methyl sites for hydroxylation is 1. The molecule has 7 heteroatoms. The maximum Gasteiger partial charge on any atom is 0.249 e. The lowest BCUT2D eigenvalue weighted by molar-refractivity contribution is 0.215. The van der Waals surface area contributed by atoms with Crippen molar-refractivity contribution in [2.75, 3.05) is 6.61 Å². The minimum absolute atomic E-state index is 0.159. The Labute approximate surface area is 211 Å². The summed E-state index contributed by atoms with van der Waals surface area (Å²) in [6.45, 7) is 2.02. The van der Waals surface area contributed by atoms with Crippen LogP contribution in [-0.2, 0) is 12.1 Å². The van der Waals surface area contributed by atoms with Gasteiger partial charge in [-0.1, -0.05) is 60.7 Å². The third-order valence-corrected chi connectivity index (χ3v) is 7.62. The van der Waals surface area contributed by atoms with Gasteiger partial charge in [-0.3, -0.25) is 0 Å². The summed E-state index contributed by atoms with van der Waals surface area (Å²) >= 11 is 0. The lowest BCUT2D eigenvalue weighted by Crippen LogP contribution is -2.31. The minimum atomic E-state index is -0.745. The summed E-state index contributed by atoms with van der Waals surface area (Å²) in [5.74, 6) is 2.95. The van der Waals surface area contributed by atoms with Crippen molar-refractivity contribution in [3.05, 3.63) is 102 Å².